The predicted octanol–water partition coefficient (Wildman–Crippen LogP) is 3.97. The van der Waals surface area contributed by atoms with Gasteiger partial charge in [0.1, 0.15) is 49.1 Å². The summed E-state index contributed by atoms with van der Waals surface area (Å²) in [7, 11) is 0. The number of carbonyl (C=O) groups excluding carboxylic acids is 2. The lowest BCUT2D eigenvalue weighted by Gasteiger charge is -2.10. The van der Waals surface area contributed by atoms with Crippen LogP contribution in [0.1, 0.15) is 20.7 Å². The summed E-state index contributed by atoms with van der Waals surface area (Å²) >= 11 is 0. The van der Waals surface area contributed by atoms with Crippen molar-refractivity contribution in [2.75, 3.05) is 26.4 Å². The first-order valence-electron chi connectivity index (χ1n) is 10.5. The fourth-order valence-corrected chi connectivity index (χ4v) is 2.99. The van der Waals surface area contributed by atoms with Crippen LogP contribution < -0.4 is 9.47 Å². The topological polar surface area (TPSA) is 157 Å². The molecule has 0 aromatic heterocycles. The number of nitro benzene ring substituents is 2. The average Bonchev–Trinajstić information content (AvgIpc) is 2.89. The van der Waals surface area contributed by atoms with Crippen molar-refractivity contribution in [3.8, 4) is 11.5 Å². The lowest BCUT2D eigenvalue weighted by molar-refractivity contribution is -0.385. The number of nitrogens with zero attached hydrogens (tertiary/aromatic N) is 2. The number of carbonyl (C=O) groups is 2. The smallest absolute Gasteiger partial charge is 0.345 e. The second-order valence-corrected chi connectivity index (χ2v) is 6.99. The Balaban J connectivity index is 1.37. The van der Waals surface area contributed by atoms with Gasteiger partial charge in [0.25, 0.3) is 11.4 Å². The van der Waals surface area contributed by atoms with Crippen LogP contribution in [0.2, 0.25) is 0 Å². The van der Waals surface area contributed by atoms with Crippen molar-refractivity contribution >= 4 is 23.3 Å². The highest BCUT2D eigenvalue weighted by atomic mass is 16.6. The maximum absolute atomic E-state index is 12.1. The van der Waals surface area contributed by atoms with E-state index >= 15 is 0 Å². The van der Waals surface area contributed by atoms with Gasteiger partial charge >= 0.3 is 11.9 Å². The van der Waals surface area contributed by atoms with E-state index in [-0.39, 0.29) is 48.9 Å². The third kappa shape index (κ3) is 7.00. The maximum atomic E-state index is 12.1. The Morgan fingerprint density at radius 3 is 1.31 bits per heavy atom. The molecular formula is C24H20N2O10. The van der Waals surface area contributed by atoms with Crippen LogP contribution in [0, 0.1) is 20.2 Å². The Kier molecular flexibility index (Phi) is 8.87. The molecule has 3 aromatic carbocycles. The van der Waals surface area contributed by atoms with Crippen molar-refractivity contribution in [2.24, 2.45) is 0 Å². The first-order chi connectivity index (χ1) is 17.4. The summed E-state index contributed by atoms with van der Waals surface area (Å²) in [5.41, 5.74) is -0.960. The zero-order chi connectivity index (χ0) is 25.9. The van der Waals surface area contributed by atoms with Gasteiger partial charge in [0.05, 0.1) is 9.85 Å². The van der Waals surface area contributed by atoms with E-state index in [0.717, 1.165) is 0 Å². The van der Waals surface area contributed by atoms with Gasteiger partial charge in [0, 0.05) is 12.1 Å². The molecule has 0 saturated heterocycles. The molecule has 0 amide bonds. The van der Waals surface area contributed by atoms with E-state index in [1.807, 2.05) is 0 Å². The fourth-order valence-electron chi connectivity index (χ4n) is 2.99. The second kappa shape index (κ2) is 12.5. The molecule has 0 atom stereocenters. The number of para-hydroxylation sites is 2. The molecule has 0 aliphatic heterocycles. The van der Waals surface area contributed by atoms with E-state index in [9.17, 15) is 29.8 Å². The van der Waals surface area contributed by atoms with Gasteiger partial charge in [-0.05, 0) is 36.4 Å². The van der Waals surface area contributed by atoms with Gasteiger partial charge in [-0.25, -0.2) is 9.59 Å². The van der Waals surface area contributed by atoms with Gasteiger partial charge < -0.3 is 18.9 Å². The van der Waals surface area contributed by atoms with Crippen LogP contribution in [0.25, 0.3) is 0 Å². The molecule has 0 saturated carbocycles. The van der Waals surface area contributed by atoms with Crippen LogP contribution in [0.3, 0.4) is 0 Å². The summed E-state index contributed by atoms with van der Waals surface area (Å²) in [5.74, 6) is -0.715. The van der Waals surface area contributed by atoms with Crippen LogP contribution >= 0.6 is 0 Å². The van der Waals surface area contributed by atoms with Gasteiger partial charge in [-0.2, -0.15) is 0 Å². The van der Waals surface area contributed by atoms with Crippen LogP contribution in [0.4, 0.5) is 11.4 Å². The van der Waals surface area contributed by atoms with E-state index in [4.69, 9.17) is 18.9 Å². The minimum atomic E-state index is -0.822. The average molecular weight is 496 g/mol. The lowest BCUT2D eigenvalue weighted by Crippen LogP contribution is -2.14. The third-order valence-electron chi connectivity index (χ3n) is 4.64. The van der Waals surface area contributed by atoms with Crippen LogP contribution in [0.15, 0.2) is 72.8 Å². The lowest BCUT2D eigenvalue weighted by atomic mass is 10.2. The van der Waals surface area contributed by atoms with Crippen LogP contribution in [-0.4, -0.2) is 48.2 Å². The largest absolute Gasteiger partial charge is 0.490 e. The number of hydrogen-bond acceptors (Lipinski definition) is 10. The minimum absolute atomic E-state index is 0.0220. The molecule has 3 aromatic rings. The summed E-state index contributed by atoms with van der Waals surface area (Å²) in [6.45, 7) is -0.190. The Labute approximate surface area is 204 Å². The van der Waals surface area contributed by atoms with Crippen molar-refractivity contribution in [3.63, 3.8) is 0 Å². The summed E-state index contributed by atoms with van der Waals surface area (Å²) in [4.78, 5) is 44.8. The van der Waals surface area contributed by atoms with Gasteiger partial charge in [-0.3, -0.25) is 20.2 Å². The molecule has 12 heteroatoms. The molecule has 36 heavy (non-hydrogen) atoms. The number of ether oxygens (including phenoxy) is 4. The van der Waals surface area contributed by atoms with Crippen molar-refractivity contribution < 1.29 is 38.4 Å². The maximum Gasteiger partial charge on any atom is 0.345 e. The Morgan fingerprint density at radius 1 is 0.583 bits per heavy atom. The van der Waals surface area contributed by atoms with E-state index < -0.39 is 21.8 Å². The van der Waals surface area contributed by atoms with Crippen molar-refractivity contribution in [3.05, 3.63) is 104 Å². The third-order valence-corrected chi connectivity index (χ3v) is 4.64. The minimum Gasteiger partial charge on any atom is -0.490 e. The normalized spacial score (nSPS) is 10.2. The highest BCUT2D eigenvalue weighted by molar-refractivity contribution is 5.94. The molecule has 0 aliphatic carbocycles. The van der Waals surface area contributed by atoms with Gasteiger partial charge in [-0.15, -0.1) is 0 Å². The van der Waals surface area contributed by atoms with Crippen molar-refractivity contribution in [1.82, 2.24) is 0 Å². The Bertz CT molecular complexity index is 1150. The van der Waals surface area contributed by atoms with E-state index in [1.54, 1.807) is 24.3 Å². The molecule has 0 unspecified atom stereocenters. The standard InChI is InChI=1S/C24H20N2O10/c27-23(19-5-1-3-7-21(19)25(29)30)35-15-13-33-17-9-11-18(12-10-17)34-14-16-36-24(28)20-6-2-4-8-22(20)26(31)32/h1-12H,13-16H2. The van der Waals surface area contributed by atoms with Crippen molar-refractivity contribution in [2.45, 2.75) is 0 Å². The van der Waals surface area contributed by atoms with Gasteiger partial charge in [-0.1, -0.05) is 24.3 Å². The molecule has 12 nitrogen and oxygen atoms in total. The number of hydrogen-bond donors (Lipinski definition) is 0. The summed E-state index contributed by atoms with van der Waals surface area (Å²) in [6, 6.07) is 17.4. The van der Waals surface area contributed by atoms with Gasteiger partial charge in [0.15, 0.2) is 0 Å². The van der Waals surface area contributed by atoms with Gasteiger partial charge in [0.2, 0.25) is 0 Å². The van der Waals surface area contributed by atoms with E-state index in [1.165, 1.54) is 48.5 Å². The summed E-state index contributed by atoms with van der Waals surface area (Å²) < 4.78 is 21.0. The summed E-state index contributed by atoms with van der Waals surface area (Å²) in [6.07, 6.45) is 0. The molecule has 0 fully saturated rings. The molecule has 0 aliphatic rings. The van der Waals surface area contributed by atoms with E-state index in [0.29, 0.717) is 11.5 Å². The molecule has 0 radical (unpaired) electrons. The highest BCUT2D eigenvalue weighted by Crippen LogP contribution is 2.20. The molecule has 0 spiro atoms. The first kappa shape index (κ1) is 25.6. The zero-order valence-electron chi connectivity index (χ0n) is 18.7. The molecule has 3 rings (SSSR count). The van der Waals surface area contributed by atoms with Crippen LogP contribution in [0.5, 0.6) is 11.5 Å². The number of nitro groups is 2. The van der Waals surface area contributed by atoms with E-state index in [2.05, 4.69) is 0 Å². The zero-order valence-corrected chi connectivity index (χ0v) is 18.7. The molecule has 0 bridgehead atoms. The van der Waals surface area contributed by atoms with Crippen LogP contribution in [-0.2, 0) is 9.47 Å². The fraction of sp³-hybridized carbons (Fsp3) is 0.167. The quantitative estimate of drug-likeness (QED) is 0.155. The molecule has 0 heterocycles. The Hall–Kier alpha value is -5.00. The summed E-state index contributed by atoms with van der Waals surface area (Å²) in [5, 5.41) is 22.0. The molecule has 0 N–H and O–H groups in total. The second-order valence-electron chi connectivity index (χ2n) is 6.99. The number of rotatable bonds is 12. The SMILES string of the molecule is O=C(OCCOc1ccc(OCCOC(=O)c2ccccc2[N+](=O)[O-])cc1)c1ccccc1[N+](=O)[O-]. The predicted molar refractivity (Wildman–Crippen MR) is 124 cm³/mol. The molecular weight excluding hydrogens is 476 g/mol. The number of esters is 2. The molecule has 186 valence electrons. The first-order valence-corrected chi connectivity index (χ1v) is 10.5. The highest BCUT2D eigenvalue weighted by Gasteiger charge is 2.21. The van der Waals surface area contributed by atoms with Crippen molar-refractivity contribution in [1.29, 1.82) is 0 Å². The Morgan fingerprint density at radius 2 is 0.944 bits per heavy atom. The monoisotopic (exact) mass is 496 g/mol. The number of benzene rings is 3.